The molecule has 20 heavy (non-hydrogen) atoms. The van der Waals surface area contributed by atoms with Crippen LogP contribution in [0.1, 0.15) is 18.2 Å². The van der Waals surface area contributed by atoms with Gasteiger partial charge in [0.25, 0.3) is 0 Å². The van der Waals surface area contributed by atoms with Crippen LogP contribution in [0.5, 0.6) is 0 Å². The quantitative estimate of drug-likeness (QED) is 0.582. The highest BCUT2D eigenvalue weighted by molar-refractivity contribution is 7.07. The standard InChI is InChI=1S/C14H19N3O2S/c1-14(18,12-4-3-6-19-12)10-17-13(15-2)16-8-11-5-7-20-9-11/h3-7,9,18H,8,10H2,1-2H3,(H2,15,16,17). The van der Waals surface area contributed by atoms with Crippen molar-refractivity contribution in [1.29, 1.82) is 0 Å². The Morgan fingerprint density at radius 2 is 2.30 bits per heavy atom. The molecule has 2 rings (SSSR count). The van der Waals surface area contributed by atoms with Crippen LogP contribution >= 0.6 is 11.3 Å². The first-order valence-electron chi connectivity index (χ1n) is 6.34. The summed E-state index contributed by atoms with van der Waals surface area (Å²) in [5.41, 5.74) is 0.125. The van der Waals surface area contributed by atoms with Crippen LogP contribution in [0.2, 0.25) is 0 Å². The molecule has 1 unspecified atom stereocenters. The minimum absolute atomic E-state index is 0.309. The first kappa shape index (κ1) is 14.6. The lowest BCUT2D eigenvalue weighted by molar-refractivity contribution is 0.0386. The van der Waals surface area contributed by atoms with Crippen LogP contribution in [0.3, 0.4) is 0 Å². The Bertz CT molecular complexity index is 533. The van der Waals surface area contributed by atoms with E-state index >= 15 is 0 Å². The molecule has 6 heteroatoms. The van der Waals surface area contributed by atoms with E-state index in [1.165, 1.54) is 5.56 Å². The molecule has 2 aromatic rings. The molecular formula is C14H19N3O2S. The Balaban J connectivity index is 1.85. The topological polar surface area (TPSA) is 69.8 Å². The van der Waals surface area contributed by atoms with Crippen molar-refractivity contribution in [2.75, 3.05) is 13.6 Å². The van der Waals surface area contributed by atoms with Crippen LogP contribution in [-0.2, 0) is 12.1 Å². The number of aliphatic imine (C=N–C) groups is 1. The summed E-state index contributed by atoms with van der Waals surface area (Å²) < 4.78 is 5.23. The Kier molecular flexibility index (Phi) is 4.81. The van der Waals surface area contributed by atoms with Gasteiger partial charge >= 0.3 is 0 Å². The molecule has 0 aliphatic carbocycles. The van der Waals surface area contributed by atoms with E-state index in [-0.39, 0.29) is 0 Å². The molecule has 0 radical (unpaired) electrons. The maximum absolute atomic E-state index is 10.3. The summed E-state index contributed by atoms with van der Waals surface area (Å²) >= 11 is 1.66. The van der Waals surface area contributed by atoms with E-state index in [0.717, 1.165) is 0 Å². The fraction of sp³-hybridized carbons (Fsp3) is 0.357. The van der Waals surface area contributed by atoms with Gasteiger partial charge in [0.2, 0.25) is 0 Å². The highest BCUT2D eigenvalue weighted by Gasteiger charge is 2.26. The second-order valence-electron chi connectivity index (χ2n) is 4.66. The zero-order chi connectivity index (χ0) is 14.4. The second-order valence-corrected chi connectivity index (χ2v) is 5.44. The Labute approximate surface area is 122 Å². The highest BCUT2D eigenvalue weighted by atomic mass is 32.1. The molecule has 0 saturated heterocycles. The van der Waals surface area contributed by atoms with Gasteiger partial charge in [-0.1, -0.05) is 0 Å². The lowest BCUT2D eigenvalue weighted by Gasteiger charge is -2.22. The molecule has 5 nitrogen and oxygen atoms in total. The van der Waals surface area contributed by atoms with E-state index in [2.05, 4.69) is 27.1 Å². The van der Waals surface area contributed by atoms with E-state index in [4.69, 9.17) is 4.42 Å². The van der Waals surface area contributed by atoms with Crippen molar-refractivity contribution in [3.8, 4) is 0 Å². The zero-order valence-electron chi connectivity index (χ0n) is 11.6. The summed E-state index contributed by atoms with van der Waals surface area (Å²) in [6.07, 6.45) is 1.55. The summed E-state index contributed by atoms with van der Waals surface area (Å²) in [6, 6.07) is 5.57. The second kappa shape index (κ2) is 6.58. The van der Waals surface area contributed by atoms with Crippen LogP contribution < -0.4 is 10.6 Å². The van der Waals surface area contributed by atoms with Crippen LogP contribution in [0, 0.1) is 0 Å². The molecule has 0 spiro atoms. The predicted molar refractivity (Wildman–Crippen MR) is 80.8 cm³/mol. The number of rotatable bonds is 5. The molecule has 108 valence electrons. The smallest absolute Gasteiger partial charge is 0.191 e. The summed E-state index contributed by atoms with van der Waals surface area (Å²) in [7, 11) is 1.70. The first-order chi connectivity index (χ1) is 9.62. The van der Waals surface area contributed by atoms with Crippen molar-refractivity contribution < 1.29 is 9.52 Å². The number of guanidine groups is 1. The molecule has 0 aliphatic rings. The van der Waals surface area contributed by atoms with Gasteiger partial charge in [-0.3, -0.25) is 4.99 Å². The third-order valence-electron chi connectivity index (χ3n) is 2.92. The molecule has 1 atom stereocenters. The highest BCUT2D eigenvalue weighted by Crippen LogP contribution is 2.19. The minimum atomic E-state index is -1.08. The van der Waals surface area contributed by atoms with Crippen LogP contribution in [0.4, 0.5) is 0 Å². The maximum atomic E-state index is 10.3. The van der Waals surface area contributed by atoms with E-state index in [0.29, 0.717) is 24.8 Å². The zero-order valence-corrected chi connectivity index (χ0v) is 12.4. The Morgan fingerprint density at radius 3 is 2.90 bits per heavy atom. The monoisotopic (exact) mass is 293 g/mol. The first-order valence-corrected chi connectivity index (χ1v) is 7.28. The normalized spacial score (nSPS) is 14.8. The molecule has 0 aliphatic heterocycles. The lowest BCUT2D eigenvalue weighted by Crippen LogP contribution is -2.44. The number of furan rings is 1. The fourth-order valence-electron chi connectivity index (χ4n) is 1.73. The van der Waals surface area contributed by atoms with Gasteiger partial charge in [-0.25, -0.2) is 0 Å². The van der Waals surface area contributed by atoms with Gasteiger partial charge in [-0.2, -0.15) is 11.3 Å². The summed E-state index contributed by atoms with van der Waals surface area (Å²) in [5.74, 6) is 1.17. The number of thiophene rings is 1. The van der Waals surface area contributed by atoms with Crippen LogP contribution in [0.15, 0.2) is 44.6 Å². The molecular weight excluding hydrogens is 274 g/mol. The number of aliphatic hydroxyl groups is 1. The van der Waals surface area contributed by atoms with Crippen molar-refractivity contribution in [3.05, 3.63) is 46.5 Å². The summed E-state index contributed by atoms with van der Waals surface area (Å²) in [4.78, 5) is 4.13. The fourth-order valence-corrected chi connectivity index (χ4v) is 2.40. The molecule has 0 aromatic carbocycles. The maximum Gasteiger partial charge on any atom is 0.191 e. The Hall–Kier alpha value is -1.79. The lowest BCUT2D eigenvalue weighted by atomic mass is 10.0. The van der Waals surface area contributed by atoms with Crippen LogP contribution in [0.25, 0.3) is 0 Å². The largest absolute Gasteiger partial charge is 0.466 e. The van der Waals surface area contributed by atoms with Gasteiger partial charge in [-0.15, -0.1) is 0 Å². The summed E-state index contributed by atoms with van der Waals surface area (Å²) in [5, 5.41) is 20.7. The Morgan fingerprint density at radius 1 is 1.45 bits per heavy atom. The van der Waals surface area contributed by atoms with Crippen molar-refractivity contribution in [2.24, 2.45) is 4.99 Å². The molecule has 0 amide bonds. The average Bonchev–Trinajstić information content (AvgIpc) is 3.12. The van der Waals surface area contributed by atoms with Crippen molar-refractivity contribution in [2.45, 2.75) is 19.1 Å². The number of hydrogen-bond donors (Lipinski definition) is 3. The minimum Gasteiger partial charge on any atom is -0.466 e. The number of nitrogens with zero attached hydrogens (tertiary/aromatic N) is 1. The van der Waals surface area contributed by atoms with Gasteiger partial charge in [0, 0.05) is 13.6 Å². The van der Waals surface area contributed by atoms with Gasteiger partial charge < -0.3 is 20.2 Å². The third kappa shape index (κ3) is 3.85. The predicted octanol–water partition coefficient (Wildman–Crippen LogP) is 1.91. The van der Waals surface area contributed by atoms with Gasteiger partial charge in [-0.05, 0) is 41.4 Å². The van der Waals surface area contributed by atoms with Crippen molar-refractivity contribution in [3.63, 3.8) is 0 Å². The van der Waals surface area contributed by atoms with Crippen LogP contribution in [-0.4, -0.2) is 24.7 Å². The molecule has 0 bridgehead atoms. The molecule has 2 heterocycles. The third-order valence-corrected chi connectivity index (χ3v) is 3.65. The average molecular weight is 293 g/mol. The molecule has 0 fully saturated rings. The van der Waals surface area contributed by atoms with E-state index in [9.17, 15) is 5.11 Å². The SMILES string of the molecule is CN=C(NCc1ccsc1)NCC(C)(O)c1ccco1. The molecule has 0 saturated carbocycles. The van der Waals surface area contributed by atoms with Gasteiger partial charge in [0.15, 0.2) is 5.96 Å². The van der Waals surface area contributed by atoms with Crippen molar-refractivity contribution >= 4 is 17.3 Å². The van der Waals surface area contributed by atoms with Gasteiger partial charge in [0.05, 0.1) is 12.8 Å². The number of hydrogen-bond acceptors (Lipinski definition) is 4. The molecule has 2 aromatic heterocycles. The van der Waals surface area contributed by atoms with E-state index < -0.39 is 5.60 Å². The molecule has 3 N–H and O–H groups in total. The van der Waals surface area contributed by atoms with Crippen molar-refractivity contribution in [1.82, 2.24) is 10.6 Å². The summed E-state index contributed by atoms with van der Waals surface area (Å²) in [6.45, 7) is 2.71. The number of nitrogens with one attached hydrogen (secondary N) is 2. The van der Waals surface area contributed by atoms with E-state index in [1.54, 1.807) is 43.7 Å². The van der Waals surface area contributed by atoms with Gasteiger partial charge in [0.1, 0.15) is 11.4 Å². The van der Waals surface area contributed by atoms with E-state index in [1.807, 2.05) is 5.38 Å².